The first-order valence-electron chi connectivity index (χ1n) is 9.73. The van der Waals surface area contributed by atoms with Crippen LogP contribution < -0.4 is 5.32 Å². The van der Waals surface area contributed by atoms with Crippen molar-refractivity contribution in [2.75, 3.05) is 19.6 Å². The van der Waals surface area contributed by atoms with Crippen molar-refractivity contribution in [2.45, 2.75) is 25.8 Å². The Morgan fingerprint density at radius 2 is 2.03 bits per heavy atom. The van der Waals surface area contributed by atoms with Gasteiger partial charge in [-0.25, -0.2) is 4.68 Å². The van der Waals surface area contributed by atoms with E-state index in [0.29, 0.717) is 17.1 Å². The van der Waals surface area contributed by atoms with Crippen molar-refractivity contribution >= 4 is 17.5 Å². The van der Waals surface area contributed by atoms with Gasteiger partial charge in [-0.2, -0.15) is 0 Å². The summed E-state index contributed by atoms with van der Waals surface area (Å²) in [5.74, 6) is -0.0948. The summed E-state index contributed by atoms with van der Waals surface area (Å²) in [5.41, 5.74) is 3.52. The van der Waals surface area contributed by atoms with E-state index in [-0.39, 0.29) is 11.9 Å². The summed E-state index contributed by atoms with van der Waals surface area (Å²) in [6.45, 7) is 4.54. The van der Waals surface area contributed by atoms with Crippen molar-refractivity contribution in [3.05, 3.63) is 70.5 Å². The van der Waals surface area contributed by atoms with E-state index in [1.54, 1.807) is 10.7 Å². The molecule has 150 valence electrons. The maximum absolute atomic E-state index is 12.8. The van der Waals surface area contributed by atoms with Crippen molar-refractivity contribution in [3.63, 3.8) is 0 Å². The minimum Gasteiger partial charge on any atom is -0.350 e. The number of hydrogen-bond acceptors (Lipinski definition) is 5. The second-order valence-electron chi connectivity index (χ2n) is 7.28. The van der Waals surface area contributed by atoms with E-state index < -0.39 is 0 Å². The Hall–Kier alpha value is -2.77. The zero-order chi connectivity index (χ0) is 20.2. The molecule has 1 aliphatic heterocycles. The topological polar surface area (TPSA) is 75.9 Å². The summed E-state index contributed by atoms with van der Waals surface area (Å²) in [6, 6.07) is 13.5. The SMILES string of the molecule is Cc1cc(C(=O)NCC(c2cccc(Cl)c2)N2CCCC2)ccc1-n1cnnn1. The number of rotatable bonds is 6. The number of hydrogen-bond donors (Lipinski definition) is 1. The first-order valence-corrected chi connectivity index (χ1v) is 10.1. The third-order valence-electron chi connectivity index (χ3n) is 5.33. The van der Waals surface area contributed by atoms with E-state index in [4.69, 9.17) is 11.6 Å². The van der Waals surface area contributed by atoms with E-state index in [1.165, 1.54) is 19.2 Å². The van der Waals surface area contributed by atoms with E-state index in [9.17, 15) is 4.79 Å². The van der Waals surface area contributed by atoms with Crippen molar-refractivity contribution < 1.29 is 4.79 Å². The zero-order valence-electron chi connectivity index (χ0n) is 16.3. The molecule has 0 bridgehead atoms. The predicted octanol–water partition coefficient (Wildman–Crippen LogP) is 3.19. The summed E-state index contributed by atoms with van der Waals surface area (Å²) in [6.07, 6.45) is 3.90. The van der Waals surface area contributed by atoms with Gasteiger partial charge < -0.3 is 5.32 Å². The Kier molecular flexibility index (Phi) is 5.87. The fourth-order valence-corrected chi connectivity index (χ4v) is 4.04. The zero-order valence-corrected chi connectivity index (χ0v) is 17.0. The van der Waals surface area contributed by atoms with Crippen molar-refractivity contribution in [2.24, 2.45) is 0 Å². The van der Waals surface area contributed by atoms with Crippen molar-refractivity contribution in [1.82, 2.24) is 30.4 Å². The molecule has 0 saturated carbocycles. The molecule has 1 fully saturated rings. The van der Waals surface area contributed by atoms with Crippen LogP contribution in [0.5, 0.6) is 0 Å². The lowest BCUT2D eigenvalue weighted by Gasteiger charge is -2.28. The van der Waals surface area contributed by atoms with Gasteiger partial charge in [0, 0.05) is 17.1 Å². The number of nitrogens with one attached hydrogen (secondary N) is 1. The van der Waals surface area contributed by atoms with Crippen molar-refractivity contribution in [1.29, 1.82) is 0 Å². The second-order valence-corrected chi connectivity index (χ2v) is 7.72. The Morgan fingerprint density at radius 3 is 2.72 bits per heavy atom. The molecule has 1 N–H and O–H groups in total. The standard InChI is InChI=1S/C21H23ClN6O/c1-15-11-17(7-8-19(15)28-14-24-25-26-28)21(29)23-13-20(27-9-2-3-10-27)16-5-4-6-18(22)12-16/h4-8,11-12,14,20H,2-3,9-10,13H2,1H3,(H,23,29). The number of benzene rings is 2. The van der Waals surface area contributed by atoms with E-state index in [2.05, 4.69) is 31.8 Å². The lowest BCUT2D eigenvalue weighted by Crippen LogP contribution is -2.36. The van der Waals surface area contributed by atoms with Gasteiger partial charge in [0.2, 0.25) is 0 Å². The van der Waals surface area contributed by atoms with Crippen LogP contribution in [0.25, 0.3) is 5.69 Å². The maximum Gasteiger partial charge on any atom is 0.251 e. The maximum atomic E-state index is 12.8. The lowest BCUT2D eigenvalue weighted by atomic mass is 10.0. The molecule has 1 aromatic heterocycles. The molecule has 1 aliphatic rings. The number of tetrazole rings is 1. The van der Waals surface area contributed by atoms with E-state index in [0.717, 1.165) is 29.9 Å². The highest BCUT2D eigenvalue weighted by Crippen LogP contribution is 2.26. The number of halogens is 1. The minimum atomic E-state index is -0.0948. The second kappa shape index (κ2) is 8.71. The van der Waals surface area contributed by atoms with E-state index >= 15 is 0 Å². The minimum absolute atomic E-state index is 0.0948. The predicted molar refractivity (Wildman–Crippen MR) is 111 cm³/mol. The molecular weight excluding hydrogens is 388 g/mol. The first-order chi connectivity index (χ1) is 14.1. The third-order valence-corrected chi connectivity index (χ3v) is 5.56. The molecule has 0 radical (unpaired) electrons. The molecule has 1 atom stereocenters. The molecule has 1 saturated heterocycles. The van der Waals surface area contributed by atoms with Gasteiger partial charge in [0.05, 0.1) is 11.7 Å². The van der Waals surface area contributed by atoms with Crippen LogP contribution in [0.4, 0.5) is 0 Å². The van der Waals surface area contributed by atoms with Crippen LogP contribution in [0.1, 0.15) is 40.4 Å². The van der Waals surface area contributed by atoms with Crippen molar-refractivity contribution in [3.8, 4) is 5.69 Å². The summed E-state index contributed by atoms with van der Waals surface area (Å²) >= 11 is 6.21. The number of carbonyl (C=O) groups excluding carboxylic acids is 1. The highest BCUT2D eigenvalue weighted by Gasteiger charge is 2.24. The summed E-state index contributed by atoms with van der Waals surface area (Å²) in [5, 5.41) is 15.0. The number of aromatic nitrogens is 4. The first kappa shape index (κ1) is 19.5. The average Bonchev–Trinajstić information content (AvgIpc) is 3.42. The molecule has 4 rings (SSSR count). The van der Waals surface area contributed by atoms with Crippen LogP contribution in [-0.2, 0) is 0 Å². The molecule has 2 aromatic carbocycles. The molecule has 29 heavy (non-hydrogen) atoms. The number of nitrogens with zero attached hydrogens (tertiary/aromatic N) is 5. The van der Waals surface area contributed by atoms with Crippen LogP contribution in [0.2, 0.25) is 5.02 Å². The van der Waals surface area contributed by atoms with Crippen LogP contribution in [0.3, 0.4) is 0 Å². The largest absolute Gasteiger partial charge is 0.350 e. The highest BCUT2D eigenvalue weighted by atomic mass is 35.5. The monoisotopic (exact) mass is 410 g/mol. The number of likely N-dealkylation sites (tertiary alicyclic amines) is 1. The quantitative estimate of drug-likeness (QED) is 0.675. The molecule has 3 aromatic rings. The van der Waals surface area contributed by atoms with E-state index in [1.807, 2.05) is 37.3 Å². The Morgan fingerprint density at radius 1 is 1.21 bits per heavy atom. The van der Waals surface area contributed by atoms with Gasteiger partial charge >= 0.3 is 0 Å². The van der Waals surface area contributed by atoms with Gasteiger partial charge in [0.1, 0.15) is 6.33 Å². The van der Waals surface area contributed by atoms with Gasteiger partial charge in [-0.05, 0) is 84.7 Å². The van der Waals surface area contributed by atoms with Gasteiger partial charge in [0.15, 0.2) is 0 Å². The van der Waals surface area contributed by atoms with Gasteiger partial charge in [0.25, 0.3) is 5.91 Å². The summed E-state index contributed by atoms with van der Waals surface area (Å²) in [7, 11) is 0. The molecule has 0 spiro atoms. The summed E-state index contributed by atoms with van der Waals surface area (Å²) in [4.78, 5) is 15.2. The van der Waals surface area contributed by atoms with Gasteiger partial charge in [-0.15, -0.1) is 5.10 Å². The summed E-state index contributed by atoms with van der Waals surface area (Å²) < 4.78 is 1.58. The number of carbonyl (C=O) groups is 1. The molecular formula is C21H23ClN6O. The van der Waals surface area contributed by atoms with Gasteiger partial charge in [-0.3, -0.25) is 9.69 Å². The fourth-order valence-electron chi connectivity index (χ4n) is 3.84. The molecule has 2 heterocycles. The normalized spacial score (nSPS) is 15.4. The molecule has 8 heteroatoms. The molecule has 1 unspecified atom stereocenters. The smallest absolute Gasteiger partial charge is 0.251 e. The third kappa shape index (κ3) is 4.46. The lowest BCUT2D eigenvalue weighted by molar-refractivity contribution is 0.0938. The molecule has 7 nitrogen and oxygen atoms in total. The highest BCUT2D eigenvalue weighted by molar-refractivity contribution is 6.30. The van der Waals surface area contributed by atoms with Crippen LogP contribution >= 0.6 is 11.6 Å². The number of amides is 1. The molecule has 0 aliphatic carbocycles. The van der Waals surface area contributed by atoms with Crippen LogP contribution in [0.15, 0.2) is 48.8 Å². The van der Waals surface area contributed by atoms with Crippen LogP contribution in [0, 0.1) is 6.92 Å². The van der Waals surface area contributed by atoms with Crippen LogP contribution in [-0.4, -0.2) is 50.6 Å². The molecule has 1 amide bonds. The Balaban J connectivity index is 1.48. The number of aryl methyl sites for hydroxylation is 1. The Labute approximate surface area is 174 Å². The average molecular weight is 411 g/mol. The van der Waals surface area contributed by atoms with Gasteiger partial charge in [-0.1, -0.05) is 23.7 Å². The fraction of sp³-hybridized carbons (Fsp3) is 0.333. The Bertz CT molecular complexity index is 985.